The molecule has 4 rings (SSSR count). The standard InChI is InChI=1S/C39H45F2N7O2S.C3H7NO.C2H6/c1-6-7-27(2)48(44-4)34(23-45-26-49)10-11-37-36(22-32(41)21-31(40)14-18-50-25-33(43-3)12-16-42)39-35(15-19-51-39)38(46-37)29-9-8-28-13-17-47(5)24-30(28)20-29;1-4(2)3-5;1-2/h6,8-10,12,14-16,18-22,26-27H,1,4,7,11,13,17,23-25,42H2,2-3,5H3,(H,45,49);3H,1-2H3;1-2H3/b16-12-,18-14+,31-21+,32-22?,34-10-,43-33?;;. The molecule has 1 aliphatic heterocycles. The minimum Gasteiger partial charge on any atom is -0.495 e. The van der Waals surface area contributed by atoms with Gasteiger partial charge < -0.3 is 25.6 Å². The lowest BCUT2D eigenvalue weighted by Gasteiger charge is -2.27. The fourth-order valence-electron chi connectivity index (χ4n) is 5.83. The maximum absolute atomic E-state index is 15.6. The predicted octanol–water partition coefficient (Wildman–Crippen LogP) is 7.97. The lowest BCUT2D eigenvalue weighted by molar-refractivity contribution is -0.116. The third-order valence-corrected chi connectivity index (χ3v) is 9.52. The molecular formula is C44H58F2N8O3S. The van der Waals surface area contributed by atoms with Gasteiger partial charge in [-0.25, -0.2) is 8.78 Å². The molecule has 0 saturated carbocycles. The van der Waals surface area contributed by atoms with E-state index in [9.17, 15) is 14.0 Å². The molecule has 0 saturated heterocycles. The van der Waals surface area contributed by atoms with Gasteiger partial charge in [0.05, 0.1) is 41.6 Å². The molecule has 0 radical (unpaired) electrons. The highest BCUT2D eigenvalue weighted by Crippen LogP contribution is 2.37. The molecule has 58 heavy (non-hydrogen) atoms. The van der Waals surface area contributed by atoms with Gasteiger partial charge in [0.25, 0.3) is 0 Å². The summed E-state index contributed by atoms with van der Waals surface area (Å²) in [6.07, 6.45) is 14.1. The molecule has 0 fully saturated rings. The Morgan fingerprint density at radius 1 is 1.17 bits per heavy atom. The van der Waals surface area contributed by atoms with E-state index in [1.807, 2.05) is 38.3 Å². The summed E-state index contributed by atoms with van der Waals surface area (Å²) >= 11 is 1.46. The number of hydrogen-bond donors (Lipinski definition) is 2. The number of ether oxygens (including phenoxy) is 1. The number of aliphatic imine (C=N–C) groups is 1. The average Bonchev–Trinajstić information content (AvgIpc) is 3.71. The number of rotatable bonds is 19. The van der Waals surface area contributed by atoms with Crippen molar-refractivity contribution < 1.29 is 23.1 Å². The monoisotopic (exact) mass is 816 g/mol. The van der Waals surface area contributed by atoms with Crippen LogP contribution in [0, 0.1) is 0 Å². The van der Waals surface area contributed by atoms with Crippen LogP contribution in [-0.4, -0.2) is 99.0 Å². The molecule has 2 aromatic heterocycles. The number of benzene rings is 1. The number of hydrogen-bond acceptors (Lipinski definition) is 10. The first-order valence-corrected chi connectivity index (χ1v) is 19.8. The van der Waals surface area contributed by atoms with Crippen LogP contribution in [-0.2, 0) is 33.7 Å². The number of nitrogens with zero attached hydrogens (tertiary/aromatic N) is 6. The van der Waals surface area contributed by atoms with Gasteiger partial charge in [0.1, 0.15) is 18.3 Å². The summed E-state index contributed by atoms with van der Waals surface area (Å²) in [6.45, 7) is 15.7. The van der Waals surface area contributed by atoms with Crippen LogP contribution in [0.5, 0.6) is 0 Å². The van der Waals surface area contributed by atoms with E-state index in [-0.39, 0.29) is 25.6 Å². The van der Waals surface area contributed by atoms with Crippen LogP contribution < -0.4 is 11.1 Å². The van der Waals surface area contributed by atoms with Crippen LogP contribution in [0.2, 0.25) is 0 Å². The highest BCUT2D eigenvalue weighted by atomic mass is 32.1. The smallest absolute Gasteiger partial charge is 0.209 e. The maximum atomic E-state index is 15.6. The van der Waals surface area contributed by atoms with E-state index < -0.39 is 11.7 Å². The van der Waals surface area contributed by atoms with Crippen molar-refractivity contribution in [1.29, 1.82) is 0 Å². The number of thiophene rings is 1. The SMILES string of the molecule is C=CCC(C)N(N=C)/C(=C\Cc1nc(-c2ccc3c(c2)CN(C)CC3)c2ccsc2c1C=C(F)/C=C(F)\C=C\OCC(/C=C\N)=NC)CNC=O.CC.CN(C)C=O. The quantitative estimate of drug-likeness (QED) is 0.0314. The second-order valence-corrected chi connectivity index (χ2v) is 13.9. The molecule has 0 aliphatic carbocycles. The summed E-state index contributed by atoms with van der Waals surface area (Å²) in [5.74, 6) is -1.64. The van der Waals surface area contributed by atoms with Crippen LogP contribution in [0.3, 0.4) is 0 Å². The molecule has 11 nitrogen and oxygen atoms in total. The van der Waals surface area contributed by atoms with Crippen molar-refractivity contribution in [3.8, 4) is 11.3 Å². The van der Waals surface area contributed by atoms with Crippen molar-refractivity contribution in [2.24, 2.45) is 15.8 Å². The van der Waals surface area contributed by atoms with Crippen molar-refractivity contribution in [2.75, 3.05) is 47.9 Å². The summed E-state index contributed by atoms with van der Waals surface area (Å²) in [5, 5.41) is 11.5. The van der Waals surface area contributed by atoms with E-state index >= 15 is 4.39 Å². The van der Waals surface area contributed by atoms with Gasteiger partial charge in [-0.15, -0.1) is 17.9 Å². The van der Waals surface area contributed by atoms with Crippen molar-refractivity contribution in [1.82, 2.24) is 25.1 Å². The molecule has 3 aromatic rings. The van der Waals surface area contributed by atoms with Gasteiger partial charge in [-0.2, -0.15) is 5.10 Å². The number of hydrazone groups is 1. The number of amides is 2. The maximum Gasteiger partial charge on any atom is 0.209 e. The van der Waals surface area contributed by atoms with E-state index in [0.29, 0.717) is 35.5 Å². The van der Waals surface area contributed by atoms with Gasteiger partial charge in [-0.1, -0.05) is 38.1 Å². The number of halogens is 2. The molecule has 0 bridgehead atoms. The van der Waals surface area contributed by atoms with Crippen LogP contribution in [0.1, 0.15) is 49.6 Å². The zero-order chi connectivity index (χ0) is 43.0. The van der Waals surface area contributed by atoms with Crippen LogP contribution >= 0.6 is 11.3 Å². The Morgan fingerprint density at radius 2 is 1.91 bits per heavy atom. The van der Waals surface area contributed by atoms with Gasteiger partial charge in [0.15, 0.2) is 0 Å². The molecule has 1 aliphatic rings. The number of aromatic nitrogens is 1. The molecule has 2 amide bonds. The highest BCUT2D eigenvalue weighted by Gasteiger charge is 2.20. The summed E-state index contributed by atoms with van der Waals surface area (Å²) in [5.41, 5.74) is 12.0. The first kappa shape index (κ1) is 48.4. The lowest BCUT2D eigenvalue weighted by Crippen LogP contribution is -2.32. The molecule has 3 heterocycles. The summed E-state index contributed by atoms with van der Waals surface area (Å²) < 4.78 is 36.6. The number of likely N-dealkylation sites (N-methyl/N-ethyl adjacent to an activating group) is 1. The Morgan fingerprint density at radius 3 is 2.55 bits per heavy atom. The molecular weight excluding hydrogens is 759 g/mol. The van der Waals surface area contributed by atoms with E-state index in [1.165, 1.54) is 39.6 Å². The number of allylic oxidation sites excluding steroid dienone is 5. The van der Waals surface area contributed by atoms with E-state index in [2.05, 4.69) is 58.9 Å². The lowest BCUT2D eigenvalue weighted by atomic mass is 9.95. The summed E-state index contributed by atoms with van der Waals surface area (Å²) in [6, 6.07) is 8.34. The minimum absolute atomic E-state index is 0.0774. The van der Waals surface area contributed by atoms with Gasteiger partial charge in [0, 0.05) is 80.7 Å². The largest absolute Gasteiger partial charge is 0.495 e. The van der Waals surface area contributed by atoms with Crippen LogP contribution in [0.25, 0.3) is 27.4 Å². The fraction of sp³-hybridized carbons (Fsp3) is 0.341. The van der Waals surface area contributed by atoms with Gasteiger partial charge in [-0.3, -0.25) is 24.6 Å². The molecule has 1 aromatic carbocycles. The van der Waals surface area contributed by atoms with E-state index in [0.717, 1.165) is 65.7 Å². The Labute approximate surface area is 346 Å². The number of pyridine rings is 1. The number of fused-ring (bicyclic) bond motifs is 2. The number of nitrogens with one attached hydrogen (secondary N) is 1. The second kappa shape index (κ2) is 26.2. The van der Waals surface area contributed by atoms with Crippen molar-refractivity contribution >= 4 is 52.7 Å². The van der Waals surface area contributed by atoms with Gasteiger partial charge in [0.2, 0.25) is 12.8 Å². The van der Waals surface area contributed by atoms with Gasteiger partial charge in [-0.05, 0) is 73.8 Å². The zero-order valence-corrected chi connectivity index (χ0v) is 35.6. The Hall–Kier alpha value is -5.73. The van der Waals surface area contributed by atoms with E-state index in [1.54, 1.807) is 38.3 Å². The molecule has 0 spiro atoms. The topological polar surface area (TPSA) is 129 Å². The second-order valence-electron chi connectivity index (χ2n) is 13.0. The number of carbonyl (C=O) groups is 2. The summed E-state index contributed by atoms with van der Waals surface area (Å²) in [4.78, 5) is 33.6. The highest BCUT2D eigenvalue weighted by molar-refractivity contribution is 7.17. The Balaban J connectivity index is 0.00000154. The third kappa shape index (κ3) is 15.0. The molecule has 14 heteroatoms. The molecule has 312 valence electrons. The zero-order valence-electron chi connectivity index (χ0n) is 34.8. The number of carbonyl (C=O) groups excluding carboxylic acids is 2. The predicted molar refractivity (Wildman–Crippen MR) is 238 cm³/mol. The molecule has 3 N–H and O–H groups in total. The minimum atomic E-state index is -0.841. The Kier molecular flexibility index (Phi) is 21.9. The fourth-order valence-corrected chi connectivity index (χ4v) is 6.76. The van der Waals surface area contributed by atoms with Crippen LogP contribution in [0.15, 0.2) is 107 Å². The number of nitrogens with two attached hydrogens (primary N) is 1. The van der Waals surface area contributed by atoms with Crippen molar-refractivity contribution in [3.63, 3.8) is 0 Å². The summed E-state index contributed by atoms with van der Waals surface area (Å²) in [7, 11) is 7.07. The van der Waals surface area contributed by atoms with Crippen molar-refractivity contribution in [3.05, 3.63) is 119 Å². The van der Waals surface area contributed by atoms with Gasteiger partial charge >= 0.3 is 0 Å². The Bertz CT molecular complexity index is 2000. The first-order chi connectivity index (χ1) is 28.0. The van der Waals surface area contributed by atoms with Crippen molar-refractivity contribution in [2.45, 2.75) is 52.6 Å². The molecule has 1 unspecified atom stereocenters. The van der Waals surface area contributed by atoms with E-state index in [4.69, 9.17) is 15.5 Å². The average molecular weight is 817 g/mol. The normalized spacial score (nSPS) is 14.2. The van der Waals surface area contributed by atoms with Crippen LogP contribution in [0.4, 0.5) is 8.78 Å². The first-order valence-electron chi connectivity index (χ1n) is 18.9. The molecule has 1 atom stereocenters. The third-order valence-electron chi connectivity index (χ3n) is 8.57.